The third-order valence-electron chi connectivity index (χ3n) is 10.1. The van der Waals surface area contributed by atoms with Crippen molar-refractivity contribution in [1.29, 1.82) is 0 Å². The molecule has 0 amide bonds. The van der Waals surface area contributed by atoms with Crippen LogP contribution in [0, 0.1) is 37.5 Å². The maximum atomic E-state index is 12.0. The number of aliphatic hydroxyl groups is 1. The van der Waals surface area contributed by atoms with Gasteiger partial charge in [-0.3, -0.25) is 20.2 Å². The van der Waals surface area contributed by atoms with Gasteiger partial charge in [0.1, 0.15) is 17.5 Å². The maximum absolute atomic E-state index is 12.0. The molecule has 3 aromatic carbocycles. The Balaban J connectivity index is 1.28. The normalized spacial score (nSPS) is 25.9. The molecule has 2 fully saturated rings. The summed E-state index contributed by atoms with van der Waals surface area (Å²) in [7, 11) is 3.94. The summed E-state index contributed by atoms with van der Waals surface area (Å²) in [5, 5.41) is 37.6. The lowest BCUT2D eigenvalue weighted by Crippen LogP contribution is -2.43. The zero-order valence-corrected chi connectivity index (χ0v) is 24.8. The van der Waals surface area contributed by atoms with Gasteiger partial charge in [0.25, 0.3) is 5.69 Å². The number of hydrogen-bond donors (Lipinski definition) is 2. The molecule has 10 heteroatoms. The fourth-order valence-corrected chi connectivity index (χ4v) is 7.97. The standard InChI is InChI=1S/C33H38N4O6/c1-33-15-14-25-24-11-9-23(16-21(24)6-10-26(25)27(33)12-13-32(33)38)43-31-17-28(29(36(39)40)18-30(31)37(41)42)34-22-7-4-20(5-8-22)19-35(2)3/h4-5,7-9,11,16-18,25-27,32,34,38H,6,10,12-15,19H2,1-3H3/t25?,26-,27?,32?,33+/m1/s1. The molecule has 3 aliphatic carbocycles. The summed E-state index contributed by atoms with van der Waals surface area (Å²) in [6.45, 7) is 3.01. The van der Waals surface area contributed by atoms with Gasteiger partial charge in [-0.15, -0.1) is 0 Å². The zero-order valence-electron chi connectivity index (χ0n) is 24.8. The number of aryl methyl sites for hydroxylation is 1. The van der Waals surface area contributed by atoms with Gasteiger partial charge in [0.2, 0.25) is 5.75 Å². The largest absolute Gasteiger partial charge is 0.450 e. The predicted octanol–water partition coefficient (Wildman–Crippen LogP) is 7.32. The molecule has 0 radical (unpaired) electrons. The van der Waals surface area contributed by atoms with Crippen molar-refractivity contribution >= 4 is 22.7 Å². The summed E-state index contributed by atoms with van der Waals surface area (Å²) in [5.41, 5.74) is 3.43. The van der Waals surface area contributed by atoms with Crippen LogP contribution in [-0.2, 0) is 13.0 Å². The summed E-state index contributed by atoms with van der Waals surface area (Å²) in [5.74, 6) is 1.92. The van der Waals surface area contributed by atoms with E-state index in [1.165, 1.54) is 17.2 Å². The van der Waals surface area contributed by atoms with Crippen molar-refractivity contribution in [3.8, 4) is 11.5 Å². The minimum atomic E-state index is -0.653. The molecule has 3 unspecified atom stereocenters. The zero-order chi connectivity index (χ0) is 30.5. The Morgan fingerprint density at radius 1 is 0.977 bits per heavy atom. The van der Waals surface area contributed by atoms with Gasteiger partial charge in [-0.1, -0.05) is 25.1 Å². The molecule has 2 N–H and O–H groups in total. The molecular weight excluding hydrogens is 548 g/mol. The van der Waals surface area contributed by atoms with Crippen molar-refractivity contribution in [3.05, 3.63) is 91.5 Å². The second-order valence-corrected chi connectivity index (χ2v) is 12.9. The summed E-state index contributed by atoms with van der Waals surface area (Å²) < 4.78 is 6.11. The highest BCUT2D eigenvalue weighted by Gasteiger charge is 2.54. The third kappa shape index (κ3) is 5.45. The van der Waals surface area contributed by atoms with E-state index in [1.54, 1.807) is 0 Å². The van der Waals surface area contributed by atoms with Crippen LogP contribution in [0.1, 0.15) is 61.6 Å². The first-order valence-electron chi connectivity index (χ1n) is 15.0. The van der Waals surface area contributed by atoms with Crippen LogP contribution in [0.3, 0.4) is 0 Å². The molecule has 5 atom stereocenters. The van der Waals surface area contributed by atoms with Crippen molar-refractivity contribution in [2.24, 2.45) is 17.3 Å². The molecule has 10 nitrogen and oxygen atoms in total. The Morgan fingerprint density at radius 3 is 2.42 bits per heavy atom. The molecule has 0 heterocycles. The number of nitro benzene ring substituents is 2. The molecule has 0 spiro atoms. The van der Waals surface area contributed by atoms with Crippen LogP contribution < -0.4 is 10.1 Å². The molecule has 226 valence electrons. The number of rotatable bonds is 8. The Kier molecular flexibility index (Phi) is 7.60. The lowest BCUT2D eigenvalue weighted by atomic mass is 9.55. The van der Waals surface area contributed by atoms with E-state index in [1.807, 2.05) is 55.4 Å². The fraction of sp³-hybridized carbons (Fsp3) is 0.455. The average molecular weight is 587 g/mol. The minimum absolute atomic E-state index is 0.0105. The smallest absolute Gasteiger partial charge is 0.318 e. The molecule has 0 aliphatic heterocycles. The SMILES string of the molecule is CN(C)Cc1ccc(Nc2cc(Oc3ccc4c(c3)CC[C@@H]3C4CC[C@]4(C)C(O)CCC34)c([N+](=O)[O-])cc2[N+](=O)[O-])cc1. The quantitative estimate of drug-likeness (QED) is 0.207. The Hall–Kier alpha value is -4.02. The van der Waals surface area contributed by atoms with Crippen molar-refractivity contribution in [2.45, 2.75) is 64.0 Å². The summed E-state index contributed by atoms with van der Waals surface area (Å²) in [6.07, 6.45) is 5.74. The second kappa shape index (κ2) is 11.2. The van der Waals surface area contributed by atoms with Crippen LogP contribution in [0.25, 0.3) is 0 Å². The Labute approximate surface area is 251 Å². The Bertz CT molecular complexity index is 1560. The number of ether oxygens (including phenoxy) is 1. The monoisotopic (exact) mass is 586 g/mol. The average Bonchev–Trinajstić information content (AvgIpc) is 3.27. The van der Waals surface area contributed by atoms with Gasteiger partial charge < -0.3 is 20.1 Å². The van der Waals surface area contributed by atoms with Gasteiger partial charge in [0, 0.05) is 18.3 Å². The number of nitro groups is 2. The van der Waals surface area contributed by atoms with Gasteiger partial charge in [-0.25, -0.2) is 0 Å². The maximum Gasteiger partial charge on any atom is 0.318 e. The highest BCUT2D eigenvalue weighted by atomic mass is 16.6. The number of fused-ring (bicyclic) bond motifs is 5. The van der Waals surface area contributed by atoms with Gasteiger partial charge in [-0.05, 0) is 117 Å². The summed E-state index contributed by atoms with van der Waals surface area (Å²) >= 11 is 0. The molecule has 0 bridgehead atoms. The van der Waals surface area contributed by atoms with Crippen LogP contribution in [-0.4, -0.2) is 40.1 Å². The van der Waals surface area contributed by atoms with Gasteiger partial charge in [-0.2, -0.15) is 0 Å². The van der Waals surface area contributed by atoms with E-state index in [-0.39, 0.29) is 23.0 Å². The molecule has 2 saturated carbocycles. The number of anilines is 2. The van der Waals surface area contributed by atoms with Gasteiger partial charge >= 0.3 is 5.69 Å². The molecule has 0 saturated heterocycles. The lowest BCUT2D eigenvalue weighted by Gasteiger charge is -2.50. The molecular formula is C33H38N4O6. The number of hydrogen-bond acceptors (Lipinski definition) is 8. The van der Waals surface area contributed by atoms with E-state index >= 15 is 0 Å². The first-order valence-corrected chi connectivity index (χ1v) is 15.0. The first-order chi connectivity index (χ1) is 20.5. The minimum Gasteiger partial charge on any atom is -0.450 e. The van der Waals surface area contributed by atoms with E-state index in [4.69, 9.17) is 4.74 Å². The highest BCUT2D eigenvalue weighted by Crippen LogP contribution is 2.61. The van der Waals surface area contributed by atoms with E-state index < -0.39 is 21.2 Å². The Morgan fingerprint density at radius 2 is 1.72 bits per heavy atom. The van der Waals surface area contributed by atoms with E-state index in [9.17, 15) is 25.3 Å². The molecule has 6 rings (SSSR count). The van der Waals surface area contributed by atoms with Crippen molar-refractivity contribution < 1.29 is 19.7 Å². The summed E-state index contributed by atoms with van der Waals surface area (Å²) in [4.78, 5) is 24.6. The van der Waals surface area contributed by atoms with Crippen molar-refractivity contribution in [2.75, 3.05) is 19.4 Å². The van der Waals surface area contributed by atoms with Crippen LogP contribution in [0.5, 0.6) is 11.5 Å². The second-order valence-electron chi connectivity index (χ2n) is 12.9. The molecule has 3 aliphatic rings. The number of aliphatic hydroxyl groups excluding tert-OH is 1. The van der Waals surface area contributed by atoms with Gasteiger partial charge in [0.15, 0.2) is 0 Å². The summed E-state index contributed by atoms with van der Waals surface area (Å²) in [6, 6.07) is 15.7. The van der Waals surface area contributed by atoms with Crippen LogP contribution >= 0.6 is 0 Å². The van der Waals surface area contributed by atoms with Crippen LogP contribution in [0.4, 0.5) is 22.7 Å². The number of nitrogens with zero attached hydrogens (tertiary/aromatic N) is 3. The topological polar surface area (TPSA) is 131 Å². The van der Waals surface area contributed by atoms with Gasteiger partial charge in [0.05, 0.1) is 16.0 Å². The lowest BCUT2D eigenvalue weighted by molar-refractivity contribution is -0.394. The number of nitrogens with one attached hydrogen (secondary N) is 1. The third-order valence-corrected chi connectivity index (χ3v) is 10.1. The molecule has 3 aromatic rings. The first kappa shape index (κ1) is 29.1. The van der Waals surface area contributed by atoms with Crippen molar-refractivity contribution in [1.82, 2.24) is 4.90 Å². The predicted molar refractivity (Wildman–Crippen MR) is 164 cm³/mol. The van der Waals surface area contributed by atoms with Crippen molar-refractivity contribution in [3.63, 3.8) is 0 Å². The van der Waals surface area contributed by atoms with E-state index in [0.717, 1.165) is 56.7 Å². The number of benzene rings is 3. The molecule has 0 aromatic heterocycles. The van der Waals surface area contributed by atoms with Crippen LogP contribution in [0.15, 0.2) is 54.6 Å². The van der Waals surface area contributed by atoms with Crippen LogP contribution in [0.2, 0.25) is 0 Å². The molecule has 43 heavy (non-hydrogen) atoms. The van der Waals surface area contributed by atoms with E-state index in [2.05, 4.69) is 18.3 Å². The fourth-order valence-electron chi connectivity index (χ4n) is 7.97. The highest BCUT2D eigenvalue weighted by molar-refractivity contribution is 5.75. The van der Waals surface area contributed by atoms with E-state index in [0.29, 0.717) is 29.2 Å².